The Hall–Kier alpha value is -2.58. The molecule has 35 heavy (non-hydrogen) atoms. The molecule has 5 rings (SSSR count). The average molecular weight is 482 g/mol. The van der Waals surface area contributed by atoms with E-state index in [1.165, 1.54) is 6.42 Å². The summed E-state index contributed by atoms with van der Waals surface area (Å²) >= 11 is 0. The Morgan fingerprint density at radius 3 is 2.54 bits per heavy atom. The number of amides is 2. The second-order valence-electron chi connectivity index (χ2n) is 10.7. The molecule has 8 heteroatoms. The van der Waals surface area contributed by atoms with Gasteiger partial charge >= 0.3 is 0 Å². The standard InChI is InChI=1S/C27H39N5O3/c1-27(26(34)28-21-7-5-4-6-8-21)19-31-23-18-22(35-3)10-9-20(23)17-24(31)25(33)32(27)16-15-30-13-11-29(2)12-14-30/h9-10,17-18,21H,4-8,11-16,19H2,1-3H3,(H,28,34)/t27-/m1/s1. The number of rotatable bonds is 6. The predicted octanol–water partition coefficient (Wildman–Crippen LogP) is 2.56. The quantitative estimate of drug-likeness (QED) is 0.687. The molecule has 2 fully saturated rings. The van der Waals surface area contributed by atoms with Crippen molar-refractivity contribution in [3.8, 4) is 5.75 Å². The molecule has 8 nitrogen and oxygen atoms in total. The van der Waals surface area contributed by atoms with E-state index in [2.05, 4.69) is 22.2 Å². The first-order valence-electron chi connectivity index (χ1n) is 13.1. The fourth-order valence-corrected chi connectivity index (χ4v) is 5.91. The number of aromatic nitrogens is 1. The van der Waals surface area contributed by atoms with Crippen molar-refractivity contribution in [2.45, 2.75) is 57.2 Å². The molecular weight excluding hydrogens is 442 g/mol. The summed E-state index contributed by atoms with van der Waals surface area (Å²) in [6, 6.07) is 8.02. The molecule has 2 aromatic rings. The molecule has 2 amide bonds. The summed E-state index contributed by atoms with van der Waals surface area (Å²) in [7, 11) is 3.79. The van der Waals surface area contributed by atoms with Crippen LogP contribution in [0.15, 0.2) is 24.3 Å². The number of fused-ring (bicyclic) bond motifs is 3. The van der Waals surface area contributed by atoms with Crippen molar-refractivity contribution in [3.05, 3.63) is 30.0 Å². The SMILES string of the molecule is COc1ccc2cc3n(c2c1)C[C@](C)(C(=O)NC1CCCCC1)N(CCN1CCN(C)CC1)C3=O. The zero-order valence-corrected chi connectivity index (χ0v) is 21.4. The summed E-state index contributed by atoms with van der Waals surface area (Å²) in [6.45, 7) is 7.75. The van der Waals surface area contributed by atoms with Gasteiger partial charge in [-0.1, -0.05) is 19.3 Å². The maximum Gasteiger partial charge on any atom is 0.271 e. The molecule has 1 saturated heterocycles. The van der Waals surface area contributed by atoms with Crippen LogP contribution in [-0.2, 0) is 11.3 Å². The fraction of sp³-hybridized carbons (Fsp3) is 0.630. The number of hydrogen-bond donors (Lipinski definition) is 1. The highest BCUT2D eigenvalue weighted by molar-refractivity contribution is 6.03. The number of piperazine rings is 1. The lowest BCUT2D eigenvalue weighted by atomic mass is 9.91. The lowest BCUT2D eigenvalue weighted by Gasteiger charge is -2.45. The van der Waals surface area contributed by atoms with E-state index in [0.29, 0.717) is 18.8 Å². The molecule has 0 bridgehead atoms. The van der Waals surface area contributed by atoms with Crippen LogP contribution >= 0.6 is 0 Å². The number of methoxy groups -OCH3 is 1. The Morgan fingerprint density at radius 1 is 1.09 bits per heavy atom. The zero-order valence-electron chi connectivity index (χ0n) is 21.4. The molecule has 3 heterocycles. The van der Waals surface area contributed by atoms with Gasteiger partial charge in [-0.3, -0.25) is 14.5 Å². The Labute approximate surface area is 208 Å². The Kier molecular flexibility index (Phi) is 6.77. The minimum absolute atomic E-state index is 0.0356. The van der Waals surface area contributed by atoms with Crippen molar-refractivity contribution < 1.29 is 14.3 Å². The summed E-state index contributed by atoms with van der Waals surface area (Å²) in [5, 5.41) is 4.32. The van der Waals surface area contributed by atoms with Crippen molar-refractivity contribution in [1.82, 2.24) is 24.6 Å². The highest BCUT2D eigenvalue weighted by atomic mass is 16.5. The second kappa shape index (κ2) is 9.82. The number of nitrogens with one attached hydrogen (secondary N) is 1. The molecule has 2 aliphatic heterocycles. The third kappa shape index (κ3) is 4.66. The Balaban J connectivity index is 1.46. The van der Waals surface area contributed by atoms with Gasteiger partial charge in [-0.15, -0.1) is 0 Å². The van der Waals surface area contributed by atoms with Gasteiger partial charge in [0.1, 0.15) is 17.0 Å². The number of ether oxygens (including phenoxy) is 1. The van der Waals surface area contributed by atoms with Gasteiger partial charge in [0, 0.05) is 56.8 Å². The van der Waals surface area contributed by atoms with Crippen LogP contribution in [0.4, 0.5) is 0 Å². The first-order valence-corrected chi connectivity index (χ1v) is 13.1. The maximum atomic E-state index is 13.9. The first-order chi connectivity index (χ1) is 16.9. The molecule has 1 aliphatic carbocycles. The highest BCUT2D eigenvalue weighted by Crippen LogP contribution is 2.34. The van der Waals surface area contributed by atoms with E-state index < -0.39 is 5.54 Å². The molecule has 0 spiro atoms. The zero-order chi connectivity index (χ0) is 24.6. The van der Waals surface area contributed by atoms with Crippen LogP contribution in [0, 0.1) is 0 Å². The molecule has 1 N–H and O–H groups in total. The number of hydrogen-bond acceptors (Lipinski definition) is 5. The van der Waals surface area contributed by atoms with Crippen LogP contribution in [0.3, 0.4) is 0 Å². The fourth-order valence-electron chi connectivity index (χ4n) is 5.91. The van der Waals surface area contributed by atoms with Gasteiger partial charge in [0.15, 0.2) is 0 Å². The van der Waals surface area contributed by atoms with Gasteiger partial charge < -0.3 is 24.4 Å². The molecule has 1 aromatic carbocycles. The molecule has 0 unspecified atom stereocenters. The van der Waals surface area contributed by atoms with Crippen LogP contribution in [0.5, 0.6) is 5.75 Å². The van der Waals surface area contributed by atoms with Crippen molar-refractivity contribution in [3.63, 3.8) is 0 Å². The molecule has 3 aliphatic rings. The molecule has 190 valence electrons. The van der Waals surface area contributed by atoms with Crippen molar-refractivity contribution in [1.29, 1.82) is 0 Å². The van der Waals surface area contributed by atoms with Crippen molar-refractivity contribution in [2.75, 3.05) is 53.4 Å². The number of likely N-dealkylation sites (N-methyl/N-ethyl adjacent to an activating group) is 1. The van der Waals surface area contributed by atoms with Gasteiger partial charge in [0.05, 0.1) is 19.2 Å². The van der Waals surface area contributed by atoms with Crippen LogP contribution in [-0.4, -0.2) is 96.1 Å². The molecular formula is C27H39N5O3. The van der Waals surface area contributed by atoms with Crippen LogP contribution < -0.4 is 10.1 Å². The van der Waals surface area contributed by atoms with E-state index in [1.807, 2.05) is 40.7 Å². The average Bonchev–Trinajstić information content (AvgIpc) is 3.23. The third-order valence-corrected chi connectivity index (χ3v) is 8.30. The molecule has 1 saturated carbocycles. The highest BCUT2D eigenvalue weighted by Gasteiger charge is 2.48. The monoisotopic (exact) mass is 481 g/mol. The van der Waals surface area contributed by atoms with E-state index in [4.69, 9.17) is 4.74 Å². The predicted molar refractivity (Wildman–Crippen MR) is 137 cm³/mol. The number of carbonyl (C=O) groups is 2. The van der Waals surface area contributed by atoms with Crippen LogP contribution in [0.1, 0.15) is 49.5 Å². The summed E-state index contributed by atoms with van der Waals surface area (Å²) < 4.78 is 7.47. The molecule has 0 radical (unpaired) electrons. The maximum absolute atomic E-state index is 13.9. The third-order valence-electron chi connectivity index (χ3n) is 8.30. The van der Waals surface area contributed by atoms with Gasteiger partial charge in [-0.05, 0) is 45.0 Å². The molecule has 1 aromatic heterocycles. The molecule has 1 atom stereocenters. The summed E-state index contributed by atoms with van der Waals surface area (Å²) in [5.74, 6) is 0.644. The van der Waals surface area contributed by atoms with E-state index in [-0.39, 0.29) is 17.9 Å². The normalized spacial score (nSPS) is 24.5. The van der Waals surface area contributed by atoms with Gasteiger partial charge in [0.2, 0.25) is 5.91 Å². The van der Waals surface area contributed by atoms with E-state index in [9.17, 15) is 9.59 Å². The summed E-state index contributed by atoms with van der Waals surface area (Å²) in [6.07, 6.45) is 5.58. The van der Waals surface area contributed by atoms with E-state index in [0.717, 1.165) is 75.1 Å². The minimum Gasteiger partial charge on any atom is -0.497 e. The number of benzene rings is 1. The van der Waals surface area contributed by atoms with Crippen molar-refractivity contribution >= 4 is 22.7 Å². The Morgan fingerprint density at radius 2 is 1.83 bits per heavy atom. The lowest BCUT2D eigenvalue weighted by molar-refractivity contribution is -0.134. The largest absolute Gasteiger partial charge is 0.497 e. The van der Waals surface area contributed by atoms with Crippen LogP contribution in [0.2, 0.25) is 0 Å². The lowest BCUT2D eigenvalue weighted by Crippen LogP contribution is -2.66. The van der Waals surface area contributed by atoms with Crippen molar-refractivity contribution in [2.24, 2.45) is 0 Å². The Bertz CT molecular complexity index is 1080. The second-order valence-corrected chi connectivity index (χ2v) is 10.7. The summed E-state index contributed by atoms with van der Waals surface area (Å²) in [4.78, 5) is 34.4. The minimum atomic E-state index is -0.955. The van der Waals surface area contributed by atoms with Gasteiger partial charge in [-0.25, -0.2) is 0 Å². The van der Waals surface area contributed by atoms with Crippen LogP contribution in [0.25, 0.3) is 10.9 Å². The van der Waals surface area contributed by atoms with E-state index >= 15 is 0 Å². The first kappa shape index (κ1) is 24.1. The van der Waals surface area contributed by atoms with Gasteiger partial charge in [0.25, 0.3) is 5.91 Å². The van der Waals surface area contributed by atoms with E-state index in [1.54, 1.807) is 7.11 Å². The number of carbonyl (C=O) groups excluding carboxylic acids is 2. The summed E-state index contributed by atoms with van der Waals surface area (Å²) in [5.41, 5.74) is 0.626. The number of nitrogens with zero attached hydrogens (tertiary/aromatic N) is 4. The smallest absolute Gasteiger partial charge is 0.271 e. The van der Waals surface area contributed by atoms with Gasteiger partial charge in [-0.2, -0.15) is 0 Å². The topological polar surface area (TPSA) is 70.1 Å².